The maximum Gasteiger partial charge on any atom is 0.211 e. The van der Waals surface area contributed by atoms with Crippen molar-refractivity contribution in [1.29, 1.82) is 0 Å². The standard InChI is InChI=1S/C21H20N4O4S/c1-27-17-8-12(9-18(28-2)20(17)29-3)11-23-15-10-16(24-25-21(22)30)19(26)14-7-5-4-6-13(14)15/h4-11,26H,1-3H3,(H2,22,30). The van der Waals surface area contributed by atoms with E-state index in [-0.39, 0.29) is 16.5 Å². The van der Waals surface area contributed by atoms with Gasteiger partial charge in [0.2, 0.25) is 10.9 Å². The number of hydrogen-bond acceptors (Lipinski definition) is 7. The van der Waals surface area contributed by atoms with Gasteiger partial charge >= 0.3 is 0 Å². The Labute approximate surface area is 178 Å². The molecule has 3 rings (SSSR count). The van der Waals surface area contributed by atoms with Crippen molar-refractivity contribution >= 4 is 45.7 Å². The van der Waals surface area contributed by atoms with E-state index >= 15 is 0 Å². The van der Waals surface area contributed by atoms with Gasteiger partial charge in [0.25, 0.3) is 0 Å². The van der Waals surface area contributed by atoms with Gasteiger partial charge in [0.05, 0.1) is 27.0 Å². The maximum absolute atomic E-state index is 10.5. The summed E-state index contributed by atoms with van der Waals surface area (Å²) in [6, 6.07) is 12.4. The molecule has 0 unspecified atom stereocenters. The van der Waals surface area contributed by atoms with Crippen LogP contribution in [0.1, 0.15) is 5.56 Å². The van der Waals surface area contributed by atoms with Gasteiger partial charge in [-0.15, -0.1) is 10.2 Å². The largest absolute Gasteiger partial charge is 0.505 e. The highest BCUT2D eigenvalue weighted by Crippen LogP contribution is 2.41. The summed E-state index contributed by atoms with van der Waals surface area (Å²) in [4.78, 5) is 4.59. The first-order chi connectivity index (χ1) is 14.5. The summed E-state index contributed by atoms with van der Waals surface area (Å²) < 4.78 is 16.1. The third-order valence-electron chi connectivity index (χ3n) is 4.27. The summed E-state index contributed by atoms with van der Waals surface area (Å²) in [6.45, 7) is 0. The Morgan fingerprint density at radius 3 is 2.17 bits per heavy atom. The number of benzene rings is 3. The van der Waals surface area contributed by atoms with Crippen LogP contribution in [0.5, 0.6) is 23.0 Å². The molecule has 3 aromatic carbocycles. The lowest BCUT2D eigenvalue weighted by molar-refractivity contribution is 0.324. The molecule has 30 heavy (non-hydrogen) atoms. The number of phenols is 1. The zero-order chi connectivity index (χ0) is 21.7. The number of hydrogen-bond donors (Lipinski definition) is 2. The van der Waals surface area contributed by atoms with Crippen LogP contribution in [-0.4, -0.2) is 37.8 Å². The number of nitrogens with zero attached hydrogens (tertiary/aromatic N) is 3. The van der Waals surface area contributed by atoms with Crippen LogP contribution in [0.2, 0.25) is 0 Å². The van der Waals surface area contributed by atoms with Gasteiger partial charge in [-0.2, -0.15) is 0 Å². The lowest BCUT2D eigenvalue weighted by Crippen LogP contribution is -2.01. The predicted octanol–water partition coefficient (Wildman–Crippen LogP) is 4.65. The Bertz CT molecular complexity index is 1140. The van der Waals surface area contributed by atoms with Crippen LogP contribution in [0.3, 0.4) is 0 Å². The van der Waals surface area contributed by atoms with E-state index in [0.29, 0.717) is 28.3 Å². The van der Waals surface area contributed by atoms with Gasteiger partial charge < -0.3 is 25.1 Å². The van der Waals surface area contributed by atoms with Gasteiger partial charge in [0.15, 0.2) is 17.2 Å². The van der Waals surface area contributed by atoms with Crippen molar-refractivity contribution in [3.63, 3.8) is 0 Å². The molecular formula is C21H20N4O4S. The van der Waals surface area contributed by atoms with Crippen molar-refractivity contribution in [1.82, 2.24) is 0 Å². The third kappa shape index (κ3) is 4.31. The summed E-state index contributed by atoms with van der Waals surface area (Å²) in [5.41, 5.74) is 6.89. The Hall–Kier alpha value is -3.72. The number of fused-ring (bicyclic) bond motifs is 1. The quantitative estimate of drug-likeness (QED) is 0.338. The van der Waals surface area contributed by atoms with Crippen LogP contribution in [-0.2, 0) is 0 Å². The zero-order valence-corrected chi connectivity index (χ0v) is 17.4. The number of ether oxygens (including phenoxy) is 3. The summed E-state index contributed by atoms with van der Waals surface area (Å²) in [5, 5.41) is 19.3. The summed E-state index contributed by atoms with van der Waals surface area (Å²) >= 11 is 4.72. The fourth-order valence-corrected chi connectivity index (χ4v) is 2.97. The molecule has 0 bridgehead atoms. The molecule has 154 valence electrons. The first-order valence-electron chi connectivity index (χ1n) is 8.78. The highest BCUT2D eigenvalue weighted by atomic mass is 32.1. The van der Waals surface area contributed by atoms with Crippen molar-refractivity contribution in [2.24, 2.45) is 21.0 Å². The van der Waals surface area contributed by atoms with Gasteiger partial charge in [0.1, 0.15) is 5.69 Å². The van der Waals surface area contributed by atoms with E-state index in [2.05, 4.69) is 15.2 Å². The molecule has 0 spiro atoms. The van der Waals surface area contributed by atoms with Crippen molar-refractivity contribution < 1.29 is 19.3 Å². The normalized spacial score (nSPS) is 11.3. The van der Waals surface area contributed by atoms with Gasteiger partial charge in [-0.25, -0.2) is 0 Å². The topological polar surface area (TPSA) is 111 Å². The second-order valence-electron chi connectivity index (χ2n) is 6.06. The minimum absolute atomic E-state index is 0.0302. The van der Waals surface area contributed by atoms with E-state index in [1.165, 1.54) is 0 Å². The van der Waals surface area contributed by atoms with E-state index in [4.69, 9.17) is 32.2 Å². The van der Waals surface area contributed by atoms with Gasteiger partial charge in [-0.05, 0) is 30.4 Å². The summed E-state index contributed by atoms with van der Waals surface area (Å²) in [6.07, 6.45) is 1.65. The Morgan fingerprint density at radius 1 is 0.967 bits per heavy atom. The van der Waals surface area contributed by atoms with E-state index in [0.717, 1.165) is 10.9 Å². The molecule has 3 N–H and O–H groups in total. The molecule has 0 saturated heterocycles. The predicted molar refractivity (Wildman–Crippen MR) is 120 cm³/mol. The number of phenolic OH excluding ortho intramolecular Hbond substituents is 1. The molecular weight excluding hydrogens is 404 g/mol. The van der Waals surface area contributed by atoms with Crippen molar-refractivity contribution in [3.05, 3.63) is 48.0 Å². The zero-order valence-electron chi connectivity index (χ0n) is 16.6. The minimum Gasteiger partial charge on any atom is -0.505 e. The fourth-order valence-electron chi connectivity index (χ4n) is 2.93. The van der Waals surface area contributed by atoms with Gasteiger partial charge in [0, 0.05) is 22.6 Å². The van der Waals surface area contributed by atoms with Crippen molar-refractivity contribution in [2.45, 2.75) is 0 Å². The molecule has 0 amide bonds. The molecule has 0 aliphatic heterocycles. The molecule has 8 nitrogen and oxygen atoms in total. The van der Waals surface area contributed by atoms with Crippen LogP contribution in [0, 0.1) is 0 Å². The molecule has 0 fully saturated rings. The van der Waals surface area contributed by atoms with Gasteiger partial charge in [-0.1, -0.05) is 24.3 Å². The number of aromatic hydroxyl groups is 1. The van der Waals surface area contributed by atoms with E-state index in [1.54, 1.807) is 51.8 Å². The molecule has 3 aromatic rings. The van der Waals surface area contributed by atoms with Gasteiger partial charge in [-0.3, -0.25) is 4.99 Å². The monoisotopic (exact) mass is 424 g/mol. The lowest BCUT2D eigenvalue weighted by Gasteiger charge is -2.12. The third-order valence-corrected chi connectivity index (χ3v) is 4.35. The number of methoxy groups -OCH3 is 3. The van der Waals surface area contributed by atoms with Crippen LogP contribution in [0.4, 0.5) is 11.4 Å². The van der Waals surface area contributed by atoms with Crippen LogP contribution < -0.4 is 19.9 Å². The number of aliphatic imine (C=N–C) groups is 1. The SMILES string of the molecule is COc1cc(C=Nc2cc(N=NC(N)=S)c(O)c3ccccc23)cc(OC)c1OC. The van der Waals surface area contributed by atoms with E-state index < -0.39 is 0 Å². The highest BCUT2D eigenvalue weighted by Gasteiger charge is 2.13. The first kappa shape index (κ1) is 21.0. The van der Waals surface area contributed by atoms with Crippen LogP contribution >= 0.6 is 12.2 Å². The number of rotatable bonds is 6. The maximum atomic E-state index is 10.5. The number of nitrogens with two attached hydrogens (primary N) is 1. The van der Waals surface area contributed by atoms with Crippen molar-refractivity contribution in [3.8, 4) is 23.0 Å². The lowest BCUT2D eigenvalue weighted by atomic mass is 10.1. The minimum atomic E-state index is -0.134. The number of thiocarbonyl (C=S) groups is 1. The molecule has 9 heteroatoms. The molecule has 0 aliphatic rings. The molecule has 0 saturated carbocycles. The van der Waals surface area contributed by atoms with E-state index in [9.17, 15) is 5.11 Å². The molecule has 0 atom stereocenters. The smallest absolute Gasteiger partial charge is 0.211 e. The first-order valence-corrected chi connectivity index (χ1v) is 9.19. The summed E-state index contributed by atoms with van der Waals surface area (Å²) in [5.74, 6) is 1.49. The summed E-state index contributed by atoms with van der Waals surface area (Å²) in [7, 11) is 4.63. The van der Waals surface area contributed by atoms with Crippen LogP contribution in [0.15, 0.2) is 57.7 Å². The second kappa shape index (κ2) is 9.19. The average molecular weight is 424 g/mol. The average Bonchev–Trinajstić information content (AvgIpc) is 2.77. The fraction of sp³-hybridized carbons (Fsp3) is 0.143. The molecule has 0 aliphatic carbocycles. The Kier molecular flexibility index (Phi) is 6.43. The van der Waals surface area contributed by atoms with E-state index in [1.807, 2.05) is 18.2 Å². The second-order valence-corrected chi connectivity index (χ2v) is 6.48. The molecule has 0 radical (unpaired) electrons. The molecule has 0 aromatic heterocycles. The Morgan fingerprint density at radius 2 is 1.60 bits per heavy atom. The van der Waals surface area contributed by atoms with Crippen LogP contribution in [0.25, 0.3) is 10.8 Å². The number of azo groups is 1. The molecule has 0 heterocycles. The van der Waals surface area contributed by atoms with Crippen molar-refractivity contribution in [2.75, 3.05) is 21.3 Å². The Balaban J connectivity index is 2.12. The highest BCUT2D eigenvalue weighted by molar-refractivity contribution is 7.80.